The van der Waals surface area contributed by atoms with E-state index < -0.39 is 17.7 Å². The van der Waals surface area contributed by atoms with Crippen molar-refractivity contribution in [3.8, 4) is 0 Å². The fourth-order valence-corrected chi connectivity index (χ4v) is 7.38. The molecule has 1 atom stereocenters. The van der Waals surface area contributed by atoms with Crippen LogP contribution in [0.4, 0.5) is 5.13 Å². The Kier molecular flexibility index (Phi) is 7.45. The summed E-state index contributed by atoms with van der Waals surface area (Å²) < 4.78 is 3.22. The molecule has 1 N–H and O–H groups in total. The van der Waals surface area contributed by atoms with E-state index in [2.05, 4.69) is 31.1 Å². The van der Waals surface area contributed by atoms with E-state index in [9.17, 15) is 14.7 Å². The van der Waals surface area contributed by atoms with Gasteiger partial charge in [-0.1, -0.05) is 87.0 Å². The van der Waals surface area contributed by atoms with Gasteiger partial charge in [0.05, 0.1) is 17.3 Å². The molecule has 1 aliphatic rings. The molecule has 12 heteroatoms. The van der Waals surface area contributed by atoms with Crippen LogP contribution in [0.1, 0.15) is 34.1 Å². The number of aliphatic hydroxyl groups is 1. The van der Waals surface area contributed by atoms with Crippen molar-refractivity contribution in [1.29, 1.82) is 0 Å². The highest BCUT2D eigenvalue weighted by Crippen LogP contribution is 2.44. The third-order valence-electron chi connectivity index (χ3n) is 6.83. The number of anilines is 1. The molecule has 1 amide bonds. The molecule has 6 rings (SSSR count). The quantitative estimate of drug-likeness (QED) is 0.0676. The molecule has 1 saturated heterocycles. The van der Waals surface area contributed by atoms with E-state index in [4.69, 9.17) is 11.6 Å². The lowest BCUT2D eigenvalue weighted by molar-refractivity contribution is -0.132. The van der Waals surface area contributed by atoms with Crippen LogP contribution in [0.3, 0.4) is 0 Å². The molecule has 0 aliphatic carbocycles. The van der Waals surface area contributed by atoms with Gasteiger partial charge in [-0.2, -0.15) is 0 Å². The number of imidazole rings is 1. The number of thioether (sulfide) groups is 1. The van der Waals surface area contributed by atoms with Crippen LogP contribution < -0.4 is 4.90 Å². The summed E-state index contributed by atoms with van der Waals surface area (Å²) in [5, 5.41) is 21.1. The number of aryl methyl sites for hydroxylation is 2. The topological polar surface area (TPSA) is 101 Å². The number of fused-ring (bicyclic) bond motifs is 1. The minimum absolute atomic E-state index is 0.0577. The molecule has 4 heterocycles. The molecule has 1 unspecified atom stereocenters. The average molecular weight is 667 g/mol. The van der Waals surface area contributed by atoms with Gasteiger partial charge in [0, 0.05) is 21.4 Å². The summed E-state index contributed by atoms with van der Waals surface area (Å²) in [5.74, 6) is -1.39. The number of rotatable bonds is 6. The largest absolute Gasteiger partial charge is 0.505 e. The van der Waals surface area contributed by atoms with E-state index in [1.54, 1.807) is 6.07 Å². The Labute approximate surface area is 256 Å². The highest BCUT2D eigenvalue weighted by atomic mass is 79.9. The Morgan fingerprint density at radius 2 is 1.90 bits per heavy atom. The van der Waals surface area contributed by atoms with Gasteiger partial charge >= 0.3 is 5.91 Å². The van der Waals surface area contributed by atoms with Crippen LogP contribution in [0.25, 0.3) is 11.4 Å². The van der Waals surface area contributed by atoms with Gasteiger partial charge in [0.25, 0.3) is 5.78 Å². The number of aromatic nitrogens is 4. The fourth-order valence-electron chi connectivity index (χ4n) is 4.81. The number of carbonyl (C=O) groups excluding carboxylic acids is 2. The standard InChI is InChI=1S/C29H21BrClN5O3S2/c1-15-7-6-12-35-16(2)22(32-26(15)35)24(37)21-23(17-9-5-10-19(30)13-17)36(27(39)25(21)38)28-33-34-29(41-28)40-14-18-8-3-4-11-20(18)31/h3-13,23,37H,14H2,1-2H3/b24-21+. The fraction of sp³-hybridized carbons (Fsp3) is 0.138. The van der Waals surface area contributed by atoms with Gasteiger partial charge in [0.2, 0.25) is 5.13 Å². The van der Waals surface area contributed by atoms with Crippen LogP contribution in [-0.4, -0.2) is 36.4 Å². The van der Waals surface area contributed by atoms with E-state index in [0.29, 0.717) is 32.0 Å². The van der Waals surface area contributed by atoms with Gasteiger partial charge in [-0.25, -0.2) is 4.98 Å². The number of Topliss-reactive ketones (excluding diaryl/α,β-unsaturated/α-hetero) is 1. The van der Waals surface area contributed by atoms with Gasteiger partial charge in [-0.15, -0.1) is 10.2 Å². The molecular weight excluding hydrogens is 646 g/mol. The zero-order valence-corrected chi connectivity index (χ0v) is 25.7. The molecular formula is C29H21BrClN5O3S2. The van der Waals surface area contributed by atoms with Crippen molar-refractivity contribution in [3.05, 3.63) is 110 Å². The first-order chi connectivity index (χ1) is 19.7. The molecule has 0 spiro atoms. The summed E-state index contributed by atoms with van der Waals surface area (Å²) in [5.41, 5.74) is 3.97. The SMILES string of the molecule is Cc1cccn2c(C)c(/C(O)=C3\C(=O)C(=O)N(c4nnc(SCc5ccccc5Cl)s4)C3c3cccc(Br)c3)nc12. The van der Waals surface area contributed by atoms with E-state index in [1.165, 1.54) is 28.0 Å². The van der Waals surface area contributed by atoms with Crippen LogP contribution in [0.5, 0.6) is 0 Å². The minimum Gasteiger partial charge on any atom is -0.505 e. The maximum absolute atomic E-state index is 13.6. The number of nitrogens with zero attached hydrogens (tertiary/aromatic N) is 5. The lowest BCUT2D eigenvalue weighted by Crippen LogP contribution is -2.29. The van der Waals surface area contributed by atoms with Gasteiger partial charge in [0.1, 0.15) is 11.3 Å². The maximum atomic E-state index is 13.6. The summed E-state index contributed by atoms with van der Waals surface area (Å²) in [6, 6.07) is 17.7. The Bertz CT molecular complexity index is 1890. The first-order valence-electron chi connectivity index (χ1n) is 12.5. The highest BCUT2D eigenvalue weighted by molar-refractivity contribution is 9.10. The lowest BCUT2D eigenvalue weighted by Gasteiger charge is -2.22. The van der Waals surface area contributed by atoms with Crippen molar-refractivity contribution in [3.63, 3.8) is 0 Å². The second-order valence-electron chi connectivity index (χ2n) is 9.39. The summed E-state index contributed by atoms with van der Waals surface area (Å²) in [6.45, 7) is 3.73. The number of carbonyl (C=O) groups is 2. The molecule has 3 aromatic heterocycles. The molecule has 0 bridgehead atoms. The second kappa shape index (κ2) is 11.1. The number of hydrogen-bond donors (Lipinski definition) is 1. The summed E-state index contributed by atoms with van der Waals surface area (Å²) in [4.78, 5) is 33.1. The second-order valence-corrected chi connectivity index (χ2v) is 12.9. The molecule has 0 radical (unpaired) electrons. The van der Waals surface area contributed by atoms with Gasteiger partial charge in [-0.3, -0.25) is 14.5 Å². The molecule has 5 aromatic rings. The molecule has 206 valence electrons. The monoisotopic (exact) mass is 665 g/mol. The van der Waals surface area contributed by atoms with Gasteiger partial charge < -0.3 is 9.51 Å². The van der Waals surface area contributed by atoms with Gasteiger partial charge in [0.15, 0.2) is 10.1 Å². The number of pyridine rings is 1. The zero-order valence-electron chi connectivity index (χ0n) is 21.7. The summed E-state index contributed by atoms with van der Waals surface area (Å²) >= 11 is 12.4. The van der Waals surface area contributed by atoms with Crippen molar-refractivity contribution < 1.29 is 14.7 Å². The van der Waals surface area contributed by atoms with Crippen LogP contribution in [0.2, 0.25) is 5.02 Å². The number of halogens is 2. The summed E-state index contributed by atoms with van der Waals surface area (Å²) in [7, 11) is 0. The number of hydrogen-bond acceptors (Lipinski definition) is 8. The predicted octanol–water partition coefficient (Wildman–Crippen LogP) is 7.14. The van der Waals surface area contributed by atoms with E-state index in [-0.39, 0.29) is 22.2 Å². The highest BCUT2D eigenvalue weighted by Gasteiger charge is 2.49. The van der Waals surface area contributed by atoms with E-state index in [1.807, 2.05) is 79.0 Å². The Morgan fingerprint density at radius 3 is 2.66 bits per heavy atom. The number of benzene rings is 2. The van der Waals surface area contributed by atoms with Crippen molar-refractivity contribution >= 4 is 78.9 Å². The zero-order chi connectivity index (χ0) is 28.8. The molecule has 41 heavy (non-hydrogen) atoms. The Morgan fingerprint density at radius 1 is 1.10 bits per heavy atom. The van der Waals surface area contributed by atoms with Crippen molar-refractivity contribution in [2.75, 3.05) is 4.90 Å². The molecule has 1 aliphatic heterocycles. The third-order valence-corrected chi connectivity index (χ3v) is 9.79. The number of ketones is 1. The normalized spacial score (nSPS) is 16.7. The van der Waals surface area contributed by atoms with Gasteiger partial charge in [-0.05, 0) is 54.8 Å². The van der Waals surface area contributed by atoms with Crippen LogP contribution in [-0.2, 0) is 15.3 Å². The molecule has 8 nitrogen and oxygen atoms in total. The van der Waals surface area contributed by atoms with Crippen molar-refractivity contribution in [1.82, 2.24) is 19.6 Å². The third kappa shape index (κ3) is 4.97. The maximum Gasteiger partial charge on any atom is 0.301 e. The first kappa shape index (κ1) is 27.6. The van der Waals surface area contributed by atoms with E-state index in [0.717, 1.165) is 15.6 Å². The molecule has 1 fully saturated rings. The number of aliphatic hydroxyl groups excluding tert-OH is 1. The van der Waals surface area contributed by atoms with Crippen LogP contribution >= 0.6 is 50.6 Å². The van der Waals surface area contributed by atoms with Crippen LogP contribution in [0.15, 0.2) is 81.2 Å². The molecule has 0 saturated carbocycles. The van der Waals surface area contributed by atoms with Crippen LogP contribution in [0, 0.1) is 13.8 Å². The smallest absolute Gasteiger partial charge is 0.301 e. The Hall–Kier alpha value is -3.51. The van der Waals surface area contributed by atoms with Crippen molar-refractivity contribution in [2.45, 2.75) is 30.0 Å². The van der Waals surface area contributed by atoms with Crippen molar-refractivity contribution in [2.24, 2.45) is 0 Å². The van der Waals surface area contributed by atoms with E-state index >= 15 is 0 Å². The predicted molar refractivity (Wildman–Crippen MR) is 165 cm³/mol. The lowest BCUT2D eigenvalue weighted by atomic mass is 9.96. The minimum atomic E-state index is -0.938. The first-order valence-corrected chi connectivity index (χ1v) is 15.4. The Balaban J connectivity index is 1.44. The average Bonchev–Trinajstić information content (AvgIpc) is 3.63. The summed E-state index contributed by atoms with van der Waals surface area (Å²) in [6.07, 6.45) is 1.84. The molecule has 2 aromatic carbocycles. The number of amides is 1.